The van der Waals surface area contributed by atoms with Gasteiger partial charge in [0.1, 0.15) is 12.4 Å². The average molecular weight is 219 g/mol. The Morgan fingerprint density at radius 2 is 2.31 bits per heavy atom. The summed E-state index contributed by atoms with van der Waals surface area (Å²) in [5.74, 6) is 0.206. The monoisotopic (exact) mass is 219 g/mol. The number of amides is 1. The maximum Gasteiger partial charge on any atom is 0.221 e. The van der Waals surface area contributed by atoms with Crippen LogP contribution in [0, 0.1) is 0 Å². The number of nitrogens with one attached hydrogen (secondary N) is 1. The molecule has 0 saturated carbocycles. The molecule has 0 unspecified atom stereocenters. The third-order valence-corrected chi connectivity index (χ3v) is 1.84. The highest BCUT2D eigenvalue weighted by Gasteiger charge is 2.09. The average Bonchev–Trinajstić information content (AvgIpc) is 2.27. The SMILES string of the molecule is C=CCOc1cccc(C=O)c1NC(C)=O. The summed E-state index contributed by atoms with van der Waals surface area (Å²) in [7, 11) is 0. The summed E-state index contributed by atoms with van der Waals surface area (Å²) in [6, 6.07) is 4.98. The zero-order valence-corrected chi connectivity index (χ0v) is 9.03. The van der Waals surface area contributed by atoms with Gasteiger partial charge in [-0.1, -0.05) is 18.7 Å². The van der Waals surface area contributed by atoms with Crippen LogP contribution >= 0.6 is 0 Å². The lowest BCUT2D eigenvalue weighted by Gasteiger charge is -2.12. The van der Waals surface area contributed by atoms with Gasteiger partial charge < -0.3 is 10.1 Å². The molecule has 0 heterocycles. The number of carbonyl (C=O) groups excluding carboxylic acids is 2. The molecule has 1 N–H and O–H groups in total. The number of ether oxygens (including phenoxy) is 1. The van der Waals surface area contributed by atoms with Gasteiger partial charge in [0.05, 0.1) is 5.69 Å². The first-order valence-corrected chi connectivity index (χ1v) is 4.78. The molecule has 0 aliphatic rings. The smallest absolute Gasteiger partial charge is 0.221 e. The summed E-state index contributed by atoms with van der Waals surface area (Å²) in [5.41, 5.74) is 0.781. The van der Waals surface area contributed by atoms with Gasteiger partial charge in [-0.05, 0) is 12.1 Å². The Labute approximate surface area is 93.9 Å². The van der Waals surface area contributed by atoms with Crippen molar-refractivity contribution >= 4 is 17.9 Å². The second kappa shape index (κ2) is 5.70. The highest BCUT2D eigenvalue weighted by Crippen LogP contribution is 2.27. The molecule has 1 amide bonds. The van der Waals surface area contributed by atoms with Crippen LogP contribution in [-0.4, -0.2) is 18.8 Å². The number of hydrogen-bond donors (Lipinski definition) is 1. The van der Waals surface area contributed by atoms with Crippen molar-refractivity contribution in [1.82, 2.24) is 0 Å². The molecule has 1 aromatic rings. The minimum atomic E-state index is -0.252. The van der Waals surface area contributed by atoms with Crippen molar-refractivity contribution in [1.29, 1.82) is 0 Å². The van der Waals surface area contributed by atoms with E-state index in [1.807, 2.05) is 0 Å². The molecular formula is C12H13NO3. The van der Waals surface area contributed by atoms with E-state index < -0.39 is 0 Å². The summed E-state index contributed by atoms with van der Waals surface area (Å²) in [6.45, 7) is 5.22. The highest BCUT2D eigenvalue weighted by molar-refractivity contribution is 5.97. The van der Waals surface area contributed by atoms with Crippen LogP contribution in [0.1, 0.15) is 17.3 Å². The standard InChI is InChI=1S/C12H13NO3/c1-3-7-16-11-6-4-5-10(8-14)12(11)13-9(2)15/h3-6,8H,1,7H2,2H3,(H,13,15). The summed E-state index contributed by atoms with van der Waals surface area (Å²) in [5, 5.41) is 2.57. The van der Waals surface area contributed by atoms with E-state index >= 15 is 0 Å². The normalized spacial score (nSPS) is 9.31. The van der Waals surface area contributed by atoms with Crippen LogP contribution in [0.4, 0.5) is 5.69 Å². The Kier molecular flexibility index (Phi) is 4.27. The maximum atomic E-state index is 11.0. The maximum absolute atomic E-state index is 11.0. The molecule has 4 nitrogen and oxygen atoms in total. The van der Waals surface area contributed by atoms with Crippen molar-refractivity contribution in [3.63, 3.8) is 0 Å². The minimum absolute atomic E-state index is 0.252. The lowest BCUT2D eigenvalue weighted by Crippen LogP contribution is -2.10. The molecule has 0 fully saturated rings. The van der Waals surface area contributed by atoms with Crippen molar-refractivity contribution in [2.75, 3.05) is 11.9 Å². The molecule has 16 heavy (non-hydrogen) atoms. The van der Waals surface area contributed by atoms with Crippen LogP contribution in [0.25, 0.3) is 0 Å². The Hall–Kier alpha value is -2.10. The predicted molar refractivity (Wildman–Crippen MR) is 61.8 cm³/mol. The van der Waals surface area contributed by atoms with E-state index in [4.69, 9.17) is 4.74 Å². The van der Waals surface area contributed by atoms with Crippen molar-refractivity contribution in [3.8, 4) is 5.75 Å². The number of benzene rings is 1. The molecule has 1 rings (SSSR count). The van der Waals surface area contributed by atoms with Gasteiger partial charge in [-0.15, -0.1) is 0 Å². The van der Waals surface area contributed by atoms with Gasteiger partial charge in [-0.3, -0.25) is 9.59 Å². The van der Waals surface area contributed by atoms with Gasteiger partial charge in [0, 0.05) is 12.5 Å². The fraction of sp³-hybridized carbons (Fsp3) is 0.167. The van der Waals surface area contributed by atoms with Gasteiger partial charge in [0.25, 0.3) is 0 Å². The molecule has 0 spiro atoms. The first kappa shape index (κ1) is 12.0. The van der Waals surface area contributed by atoms with Crippen molar-refractivity contribution in [2.24, 2.45) is 0 Å². The van der Waals surface area contributed by atoms with E-state index in [1.165, 1.54) is 6.92 Å². The molecule has 0 aromatic heterocycles. The summed E-state index contributed by atoms with van der Waals surface area (Å²) in [6.07, 6.45) is 2.26. The van der Waals surface area contributed by atoms with E-state index in [9.17, 15) is 9.59 Å². The van der Waals surface area contributed by atoms with Crippen molar-refractivity contribution in [3.05, 3.63) is 36.4 Å². The molecule has 0 saturated heterocycles. The van der Waals surface area contributed by atoms with Gasteiger partial charge in [-0.2, -0.15) is 0 Å². The molecule has 0 aliphatic carbocycles. The van der Waals surface area contributed by atoms with E-state index in [-0.39, 0.29) is 5.91 Å². The fourth-order valence-electron chi connectivity index (χ4n) is 1.23. The Balaban J connectivity index is 3.08. The zero-order chi connectivity index (χ0) is 12.0. The molecule has 4 heteroatoms. The zero-order valence-electron chi connectivity index (χ0n) is 9.03. The molecule has 1 aromatic carbocycles. The van der Waals surface area contributed by atoms with Gasteiger partial charge in [0.2, 0.25) is 5.91 Å². The van der Waals surface area contributed by atoms with Crippen LogP contribution < -0.4 is 10.1 Å². The predicted octanol–water partition coefficient (Wildman–Crippen LogP) is 2.02. The lowest BCUT2D eigenvalue weighted by atomic mass is 10.2. The van der Waals surface area contributed by atoms with Crippen LogP contribution in [-0.2, 0) is 4.79 Å². The topological polar surface area (TPSA) is 55.4 Å². The van der Waals surface area contributed by atoms with Crippen molar-refractivity contribution in [2.45, 2.75) is 6.92 Å². The molecular weight excluding hydrogens is 206 g/mol. The minimum Gasteiger partial charge on any atom is -0.487 e. The van der Waals surface area contributed by atoms with E-state index in [2.05, 4.69) is 11.9 Å². The van der Waals surface area contributed by atoms with Gasteiger partial charge in [0.15, 0.2) is 6.29 Å². The van der Waals surface area contributed by atoms with Gasteiger partial charge >= 0.3 is 0 Å². The first-order valence-electron chi connectivity index (χ1n) is 4.78. The van der Waals surface area contributed by atoms with E-state index in [1.54, 1.807) is 24.3 Å². The molecule has 0 radical (unpaired) electrons. The largest absolute Gasteiger partial charge is 0.487 e. The fourth-order valence-corrected chi connectivity index (χ4v) is 1.23. The Bertz CT molecular complexity index is 413. The van der Waals surface area contributed by atoms with E-state index in [0.717, 1.165) is 0 Å². The van der Waals surface area contributed by atoms with Crippen LogP contribution in [0.5, 0.6) is 5.75 Å². The quantitative estimate of drug-likeness (QED) is 0.609. The van der Waals surface area contributed by atoms with Crippen LogP contribution in [0.3, 0.4) is 0 Å². The Morgan fingerprint density at radius 1 is 1.56 bits per heavy atom. The number of carbonyl (C=O) groups is 2. The third-order valence-electron chi connectivity index (χ3n) is 1.84. The van der Waals surface area contributed by atoms with Gasteiger partial charge in [-0.25, -0.2) is 0 Å². The summed E-state index contributed by atoms with van der Waals surface area (Å²) in [4.78, 5) is 21.8. The molecule has 84 valence electrons. The Morgan fingerprint density at radius 3 is 2.88 bits per heavy atom. The third kappa shape index (κ3) is 2.95. The number of rotatable bonds is 5. The second-order valence-corrected chi connectivity index (χ2v) is 3.12. The molecule has 0 bridgehead atoms. The highest BCUT2D eigenvalue weighted by atomic mass is 16.5. The number of anilines is 1. The van der Waals surface area contributed by atoms with Crippen molar-refractivity contribution < 1.29 is 14.3 Å². The number of aldehydes is 1. The van der Waals surface area contributed by atoms with Crippen LogP contribution in [0.15, 0.2) is 30.9 Å². The number of para-hydroxylation sites is 1. The number of hydrogen-bond acceptors (Lipinski definition) is 3. The molecule has 0 aliphatic heterocycles. The first-order chi connectivity index (χ1) is 7.69. The summed E-state index contributed by atoms with van der Waals surface area (Å²) >= 11 is 0. The lowest BCUT2D eigenvalue weighted by molar-refractivity contribution is -0.114. The summed E-state index contributed by atoms with van der Waals surface area (Å²) < 4.78 is 5.34. The molecule has 0 atom stereocenters. The van der Waals surface area contributed by atoms with Crippen LogP contribution in [0.2, 0.25) is 0 Å². The second-order valence-electron chi connectivity index (χ2n) is 3.12. The van der Waals surface area contributed by atoms with E-state index in [0.29, 0.717) is 29.9 Å².